The Hall–Kier alpha value is -4.17. The summed E-state index contributed by atoms with van der Waals surface area (Å²) in [5.74, 6) is -1.19. The zero-order chi connectivity index (χ0) is 26.9. The van der Waals surface area contributed by atoms with Crippen LogP contribution >= 0.6 is 11.6 Å². The van der Waals surface area contributed by atoms with Crippen molar-refractivity contribution in [3.8, 4) is 23.0 Å². The van der Waals surface area contributed by atoms with Crippen molar-refractivity contribution in [2.24, 2.45) is 0 Å². The number of amides is 1. The lowest BCUT2D eigenvalue weighted by atomic mass is 9.94. The summed E-state index contributed by atoms with van der Waals surface area (Å²) < 4.78 is 16.2. The number of Topliss-reactive ketones (excluding diaryl/α,β-unsaturated/α-hetero) is 1. The molecule has 1 amide bonds. The predicted octanol–water partition coefficient (Wildman–Crippen LogP) is 5.40. The summed E-state index contributed by atoms with van der Waals surface area (Å²) in [6.07, 6.45) is 0. The quantitative estimate of drug-likeness (QED) is 0.243. The third-order valence-electron chi connectivity index (χ3n) is 6.12. The molecule has 0 bridgehead atoms. The van der Waals surface area contributed by atoms with Crippen LogP contribution in [0, 0.1) is 6.92 Å². The summed E-state index contributed by atoms with van der Waals surface area (Å²) >= 11 is 6.14. The summed E-state index contributed by atoms with van der Waals surface area (Å²) in [6, 6.07) is 13.2. The average molecular weight is 524 g/mol. The fourth-order valence-corrected chi connectivity index (χ4v) is 4.62. The molecule has 1 saturated heterocycles. The largest absolute Gasteiger partial charge is 0.507 e. The van der Waals surface area contributed by atoms with E-state index in [1.54, 1.807) is 56.3 Å². The van der Waals surface area contributed by atoms with E-state index in [1.165, 1.54) is 31.3 Å². The lowest BCUT2D eigenvalue weighted by Gasteiger charge is -2.27. The van der Waals surface area contributed by atoms with E-state index in [0.717, 1.165) is 0 Å². The van der Waals surface area contributed by atoms with Gasteiger partial charge in [0, 0.05) is 16.3 Å². The van der Waals surface area contributed by atoms with Crippen molar-refractivity contribution in [2.45, 2.75) is 19.9 Å². The molecule has 3 aromatic carbocycles. The third-order valence-corrected chi connectivity index (χ3v) is 6.35. The Morgan fingerprint density at radius 3 is 2.35 bits per heavy atom. The standard InChI is InChI=1S/C28H26ClNO7/c1-5-37-22-13-16(6-10-20(22)31)25-24(26(32)17-7-11-21(35-3)23(14-17)36-4)27(33)28(34)30(25)19-9-8-18(29)12-15(19)2/h6-14,25,31-32H,5H2,1-4H3/b26-24+. The molecule has 0 spiro atoms. The number of rotatable bonds is 7. The number of aliphatic hydroxyl groups is 1. The number of carbonyl (C=O) groups is 2. The molecule has 8 nitrogen and oxygen atoms in total. The van der Waals surface area contributed by atoms with Crippen molar-refractivity contribution in [1.29, 1.82) is 0 Å². The fourth-order valence-electron chi connectivity index (χ4n) is 4.40. The molecule has 1 heterocycles. The maximum atomic E-state index is 13.4. The van der Waals surface area contributed by atoms with Gasteiger partial charge in [-0.1, -0.05) is 17.7 Å². The van der Waals surface area contributed by atoms with Crippen LogP contribution in [0.25, 0.3) is 5.76 Å². The van der Waals surface area contributed by atoms with Gasteiger partial charge < -0.3 is 24.4 Å². The van der Waals surface area contributed by atoms with Gasteiger partial charge in [-0.2, -0.15) is 0 Å². The topological polar surface area (TPSA) is 106 Å². The highest BCUT2D eigenvalue weighted by molar-refractivity contribution is 6.51. The number of phenols is 1. The van der Waals surface area contributed by atoms with Crippen molar-refractivity contribution in [1.82, 2.24) is 0 Å². The minimum Gasteiger partial charge on any atom is -0.507 e. The van der Waals surface area contributed by atoms with Crippen LogP contribution in [-0.2, 0) is 9.59 Å². The van der Waals surface area contributed by atoms with Crippen molar-refractivity contribution in [3.63, 3.8) is 0 Å². The van der Waals surface area contributed by atoms with Crippen LogP contribution in [-0.4, -0.2) is 42.7 Å². The Kier molecular flexibility index (Phi) is 7.31. The number of aliphatic hydroxyl groups excluding tert-OH is 1. The van der Waals surface area contributed by atoms with Crippen LogP contribution in [0.1, 0.15) is 29.7 Å². The minimum atomic E-state index is -1.02. The predicted molar refractivity (Wildman–Crippen MR) is 140 cm³/mol. The molecule has 37 heavy (non-hydrogen) atoms. The number of nitrogens with zero attached hydrogens (tertiary/aromatic N) is 1. The number of aromatic hydroxyl groups is 1. The van der Waals surface area contributed by atoms with Gasteiger partial charge in [-0.05, 0) is 73.5 Å². The Labute approximate surface area is 219 Å². The normalized spacial score (nSPS) is 16.7. The first-order valence-corrected chi connectivity index (χ1v) is 11.8. The molecule has 1 aliphatic rings. The summed E-state index contributed by atoms with van der Waals surface area (Å²) in [5.41, 5.74) is 1.71. The minimum absolute atomic E-state index is 0.0925. The molecule has 1 atom stereocenters. The second kappa shape index (κ2) is 10.4. The fraction of sp³-hybridized carbons (Fsp3) is 0.214. The van der Waals surface area contributed by atoms with Crippen LogP contribution in [0.15, 0.2) is 60.2 Å². The van der Waals surface area contributed by atoms with Gasteiger partial charge >= 0.3 is 0 Å². The first-order valence-electron chi connectivity index (χ1n) is 11.5. The highest BCUT2D eigenvalue weighted by atomic mass is 35.5. The molecule has 192 valence electrons. The van der Waals surface area contributed by atoms with E-state index in [0.29, 0.717) is 39.9 Å². The number of ether oxygens (including phenoxy) is 3. The highest BCUT2D eigenvalue weighted by Crippen LogP contribution is 2.45. The van der Waals surface area contributed by atoms with E-state index < -0.39 is 17.7 Å². The first kappa shape index (κ1) is 25.9. The van der Waals surface area contributed by atoms with E-state index in [9.17, 15) is 19.8 Å². The van der Waals surface area contributed by atoms with E-state index >= 15 is 0 Å². The van der Waals surface area contributed by atoms with Gasteiger partial charge in [-0.15, -0.1) is 0 Å². The van der Waals surface area contributed by atoms with E-state index in [2.05, 4.69) is 0 Å². The zero-order valence-corrected chi connectivity index (χ0v) is 21.5. The number of hydrogen-bond donors (Lipinski definition) is 2. The van der Waals surface area contributed by atoms with Crippen LogP contribution in [0.5, 0.6) is 23.0 Å². The maximum absolute atomic E-state index is 13.4. The summed E-state index contributed by atoms with van der Waals surface area (Å²) in [7, 11) is 2.94. The molecular weight excluding hydrogens is 498 g/mol. The average Bonchev–Trinajstić information content (AvgIpc) is 3.14. The Morgan fingerprint density at radius 1 is 0.973 bits per heavy atom. The summed E-state index contributed by atoms with van der Waals surface area (Å²) in [4.78, 5) is 28.2. The Morgan fingerprint density at radius 2 is 1.70 bits per heavy atom. The maximum Gasteiger partial charge on any atom is 0.300 e. The molecule has 9 heteroatoms. The number of halogens is 1. The molecular formula is C28H26ClNO7. The molecule has 0 aliphatic carbocycles. The van der Waals surface area contributed by atoms with Crippen LogP contribution < -0.4 is 19.1 Å². The van der Waals surface area contributed by atoms with E-state index in [1.807, 2.05) is 0 Å². The molecule has 1 unspecified atom stereocenters. The second-order valence-electron chi connectivity index (χ2n) is 8.33. The van der Waals surface area contributed by atoms with Gasteiger partial charge in [-0.3, -0.25) is 14.5 Å². The van der Waals surface area contributed by atoms with Gasteiger partial charge in [0.25, 0.3) is 11.7 Å². The summed E-state index contributed by atoms with van der Waals surface area (Å²) in [6.45, 7) is 3.83. The molecule has 3 aromatic rings. The van der Waals surface area contributed by atoms with Gasteiger partial charge in [0.05, 0.1) is 32.4 Å². The molecule has 0 radical (unpaired) electrons. The van der Waals surface area contributed by atoms with Crippen LogP contribution in [0.2, 0.25) is 5.02 Å². The third kappa shape index (κ3) is 4.68. The summed E-state index contributed by atoms with van der Waals surface area (Å²) in [5, 5.41) is 22.1. The van der Waals surface area contributed by atoms with E-state index in [4.69, 9.17) is 25.8 Å². The van der Waals surface area contributed by atoms with Crippen LogP contribution in [0.4, 0.5) is 5.69 Å². The molecule has 2 N–H and O–H groups in total. The number of ketones is 1. The van der Waals surface area contributed by atoms with Crippen molar-refractivity contribution < 1.29 is 34.0 Å². The lowest BCUT2D eigenvalue weighted by Crippen LogP contribution is -2.30. The number of benzene rings is 3. The van der Waals surface area contributed by atoms with Crippen molar-refractivity contribution >= 4 is 34.7 Å². The molecule has 0 saturated carbocycles. The smallest absolute Gasteiger partial charge is 0.300 e. The number of phenolic OH excluding ortho intramolecular Hbond substituents is 1. The molecule has 1 fully saturated rings. The van der Waals surface area contributed by atoms with Gasteiger partial charge in [0.2, 0.25) is 0 Å². The van der Waals surface area contributed by atoms with Gasteiger partial charge in [0.15, 0.2) is 23.0 Å². The monoisotopic (exact) mass is 523 g/mol. The Balaban J connectivity index is 1.98. The van der Waals surface area contributed by atoms with Crippen molar-refractivity contribution in [2.75, 3.05) is 25.7 Å². The first-order chi connectivity index (χ1) is 17.7. The molecule has 4 rings (SSSR count). The number of hydrogen-bond acceptors (Lipinski definition) is 7. The number of carbonyl (C=O) groups excluding carboxylic acids is 2. The molecule has 1 aliphatic heterocycles. The van der Waals surface area contributed by atoms with Crippen molar-refractivity contribution in [3.05, 3.63) is 81.9 Å². The second-order valence-corrected chi connectivity index (χ2v) is 8.77. The number of methoxy groups -OCH3 is 2. The molecule has 0 aromatic heterocycles. The number of aryl methyl sites for hydroxylation is 1. The van der Waals surface area contributed by atoms with Crippen LogP contribution in [0.3, 0.4) is 0 Å². The lowest BCUT2D eigenvalue weighted by molar-refractivity contribution is -0.132. The number of anilines is 1. The van der Waals surface area contributed by atoms with Gasteiger partial charge in [0.1, 0.15) is 5.76 Å². The van der Waals surface area contributed by atoms with Gasteiger partial charge in [-0.25, -0.2) is 0 Å². The highest BCUT2D eigenvalue weighted by Gasteiger charge is 2.47. The Bertz CT molecular complexity index is 1420. The zero-order valence-electron chi connectivity index (χ0n) is 20.7. The van der Waals surface area contributed by atoms with E-state index in [-0.39, 0.29) is 28.4 Å². The SMILES string of the molecule is CCOc1cc(C2/C(=C(\O)c3ccc(OC)c(OC)c3)C(=O)C(=O)N2c2ccc(Cl)cc2C)ccc1O.